The molecule has 106 valence electrons. The van der Waals surface area contributed by atoms with Crippen LogP contribution in [0, 0.1) is 25.2 Å². The van der Waals surface area contributed by atoms with Gasteiger partial charge in [0.15, 0.2) is 12.4 Å². The van der Waals surface area contributed by atoms with Gasteiger partial charge in [0.05, 0.1) is 16.7 Å². The van der Waals surface area contributed by atoms with Crippen molar-refractivity contribution in [3.8, 4) is 11.8 Å². The van der Waals surface area contributed by atoms with Crippen LogP contribution in [0.3, 0.4) is 0 Å². The van der Waals surface area contributed by atoms with Crippen molar-refractivity contribution in [2.45, 2.75) is 13.8 Å². The first kappa shape index (κ1) is 15.1. The van der Waals surface area contributed by atoms with Crippen LogP contribution in [0.15, 0.2) is 36.4 Å². The fourth-order valence-electron chi connectivity index (χ4n) is 1.83. The molecule has 0 fully saturated rings. The zero-order chi connectivity index (χ0) is 15.4. The minimum absolute atomic E-state index is 0.0892. The summed E-state index contributed by atoms with van der Waals surface area (Å²) in [6, 6.07) is 12.2. The van der Waals surface area contributed by atoms with Gasteiger partial charge in [0.25, 0.3) is 0 Å². The van der Waals surface area contributed by atoms with E-state index < -0.39 is 0 Å². The maximum atomic E-state index is 12.1. The lowest BCUT2D eigenvalue weighted by Gasteiger charge is -2.08. The minimum Gasteiger partial charge on any atom is -0.484 e. The third-order valence-electron chi connectivity index (χ3n) is 3.25. The molecule has 0 radical (unpaired) electrons. The lowest BCUT2D eigenvalue weighted by molar-refractivity contribution is 0.0921. The quantitative estimate of drug-likeness (QED) is 0.799. The van der Waals surface area contributed by atoms with Gasteiger partial charge in [0.1, 0.15) is 5.75 Å². The maximum absolute atomic E-state index is 12.1. The highest BCUT2D eigenvalue weighted by Gasteiger charge is 2.10. The number of halogens is 1. The van der Waals surface area contributed by atoms with Crippen LogP contribution in [0.1, 0.15) is 27.0 Å². The Morgan fingerprint density at radius 2 is 1.95 bits per heavy atom. The highest BCUT2D eigenvalue weighted by atomic mass is 35.5. The van der Waals surface area contributed by atoms with E-state index in [1.165, 1.54) is 6.07 Å². The van der Waals surface area contributed by atoms with Crippen LogP contribution in [0.5, 0.6) is 5.75 Å². The summed E-state index contributed by atoms with van der Waals surface area (Å²) in [4.78, 5) is 12.1. The molecule has 3 nitrogen and oxygen atoms in total. The number of rotatable bonds is 4. The van der Waals surface area contributed by atoms with Crippen LogP contribution < -0.4 is 4.74 Å². The Balaban J connectivity index is 2.07. The van der Waals surface area contributed by atoms with Crippen molar-refractivity contribution >= 4 is 17.4 Å². The van der Waals surface area contributed by atoms with Crippen LogP contribution in [-0.4, -0.2) is 12.4 Å². The van der Waals surface area contributed by atoms with Crippen LogP contribution in [0.4, 0.5) is 0 Å². The van der Waals surface area contributed by atoms with Crippen molar-refractivity contribution in [1.82, 2.24) is 0 Å². The van der Waals surface area contributed by atoms with Crippen LogP contribution >= 0.6 is 11.6 Å². The first-order valence-corrected chi connectivity index (χ1v) is 6.82. The van der Waals surface area contributed by atoms with E-state index in [-0.39, 0.29) is 12.4 Å². The number of hydrogen-bond acceptors (Lipinski definition) is 3. The molecular weight excluding hydrogens is 286 g/mol. The smallest absolute Gasteiger partial charge is 0.200 e. The fraction of sp³-hybridized carbons (Fsp3) is 0.176. The molecule has 0 atom stereocenters. The lowest BCUT2D eigenvalue weighted by atomic mass is 10.0. The number of benzene rings is 2. The third kappa shape index (κ3) is 3.62. The molecule has 0 aliphatic rings. The molecule has 0 aliphatic heterocycles. The van der Waals surface area contributed by atoms with Crippen LogP contribution in [0.25, 0.3) is 0 Å². The monoisotopic (exact) mass is 299 g/mol. The van der Waals surface area contributed by atoms with Crippen molar-refractivity contribution in [3.05, 3.63) is 63.7 Å². The van der Waals surface area contributed by atoms with Gasteiger partial charge in [0, 0.05) is 5.56 Å². The summed E-state index contributed by atoms with van der Waals surface area (Å²) in [5.74, 6) is 0.284. The maximum Gasteiger partial charge on any atom is 0.200 e. The number of carbonyl (C=O) groups is 1. The summed E-state index contributed by atoms with van der Waals surface area (Å²) >= 11 is 6.00. The second-order valence-corrected chi connectivity index (χ2v) is 5.18. The number of Topliss-reactive ketones (excluding diaryl/α,β-unsaturated/α-hetero) is 1. The van der Waals surface area contributed by atoms with Gasteiger partial charge in [-0.05, 0) is 49.2 Å². The van der Waals surface area contributed by atoms with E-state index in [0.29, 0.717) is 21.9 Å². The second-order valence-electron chi connectivity index (χ2n) is 4.77. The Morgan fingerprint density at radius 1 is 1.19 bits per heavy atom. The van der Waals surface area contributed by atoms with Gasteiger partial charge in [0.2, 0.25) is 0 Å². The van der Waals surface area contributed by atoms with E-state index >= 15 is 0 Å². The highest BCUT2D eigenvalue weighted by Crippen LogP contribution is 2.25. The van der Waals surface area contributed by atoms with Crippen molar-refractivity contribution in [2.24, 2.45) is 0 Å². The summed E-state index contributed by atoms with van der Waals surface area (Å²) in [5.41, 5.74) is 3.27. The predicted octanol–water partition coefficient (Wildman–Crippen LogP) is 4.09. The zero-order valence-corrected chi connectivity index (χ0v) is 12.6. The van der Waals surface area contributed by atoms with E-state index in [4.69, 9.17) is 21.6 Å². The van der Waals surface area contributed by atoms with Gasteiger partial charge in [-0.15, -0.1) is 0 Å². The Bertz CT molecular complexity index is 732. The normalized spacial score (nSPS) is 10.0. The zero-order valence-electron chi connectivity index (χ0n) is 11.8. The second kappa shape index (κ2) is 6.43. The number of ketones is 1. The topological polar surface area (TPSA) is 50.1 Å². The predicted molar refractivity (Wildman–Crippen MR) is 81.9 cm³/mol. The molecule has 0 heterocycles. The molecule has 0 amide bonds. The Kier molecular flexibility index (Phi) is 4.62. The first-order valence-electron chi connectivity index (χ1n) is 6.44. The van der Waals surface area contributed by atoms with E-state index in [1.807, 2.05) is 32.0 Å². The fourth-order valence-corrected chi connectivity index (χ4v) is 2.06. The molecule has 0 aromatic heterocycles. The minimum atomic E-state index is -0.112. The molecule has 0 bridgehead atoms. The van der Waals surface area contributed by atoms with Crippen molar-refractivity contribution in [3.63, 3.8) is 0 Å². The lowest BCUT2D eigenvalue weighted by Crippen LogP contribution is -2.12. The Morgan fingerprint density at radius 3 is 2.57 bits per heavy atom. The molecule has 2 rings (SSSR count). The molecule has 2 aromatic rings. The summed E-state index contributed by atoms with van der Waals surface area (Å²) in [7, 11) is 0. The van der Waals surface area contributed by atoms with Gasteiger partial charge in [-0.3, -0.25) is 4.79 Å². The largest absolute Gasteiger partial charge is 0.484 e. The molecule has 0 unspecified atom stereocenters. The SMILES string of the molecule is Cc1ccc(C(=O)COc2ccc(C#N)cc2Cl)cc1C. The summed E-state index contributed by atoms with van der Waals surface area (Å²) < 4.78 is 5.43. The number of nitrogens with zero attached hydrogens (tertiary/aromatic N) is 1. The molecule has 0 saturated heterocycles. The van der Waals surface area contributed by atoms with Crippen LogP contribution in [0.2, 0.25) is 5.02 Å². The molecule has 4 heteroatoms. The van der Waals surface area contributed by atoms with Gasteiger partial charge in [-0.25, -0.2) is 0 Å². The number of aryl methyl sites for hydroxylation is 2. The van der Waals surface area contributed by atoms with Crippen molar-refractivity contribution in [2.75, 3.05) is 6.61 Å². The Labute approximate surface area is 128 Å². The number of hydrogen-bond donors (Lipinski definition) is 0. The number of nitriles is 1. The first-order chi connectivity index (χ1) is 10.0. The molecule has 2 aromatic carbocycles. The number of ether oxygens (including phenoxy) is 1. The average Bonchev–Trinajstić information content (AvgIpc) is 2.48. The standard InChI is InChI=1S/C17H14ClNO2/c1-11-3-5-14(7-12(11)2)16(20)10-21-17-6-4-13(9-19)8-15(17)18/h3-8H,10H2,1-2H3. The van der Waals surface area contributed by atoms with Gasteiger partial charge in [-0.2, -0.15) is 5.26 Å². The molecule has 21 heavy (non-hydrogen) atoms. The van der Waals surface area contributed by atoms with E-state index in [0.717, 1.165) is 11.1 Å². The van der Waals surface area contributed by atoms with Gasteiger partial charge < -0.3 is 4.74 Å². The van der Waals surface area contributed by atoms with Crippen LogP contribution in [-0.2, 0) is 0 Å². The number of carbonyl (C=O) groups excluding carboxylic acids is 1. The van der Waals surface area contributed by atoms with Gasteiger partial charge >= 0.3 is 0 Å². The van der Waals surface area contributed by atoms with E-state index in [2.05, 4.69) is 0 Å². The summed E-state index contributed by atoms with van der Waals surface area (Å²) in [6.07, 6.45) is 0. The van der Waals surface area contributed by atoms with Crippen molar-refractivity contribution < 1.29 is 9.53 Å². The molecule has 0 aliphatic carbocycles. The summed E-state index contributed by atoms with van der Waals surface area (Å²) in [6.45, 7) is 3.87. The molecule has 0 spiro atoms. The van der Waals surface area contributed by atoms with Gasteiger partial charge in [-0.1, -0.05) is 23.7 Å². The molecular formula is C17H14ClNO2. The highest BCUT2D eigenvalue weighted by molar-refractivity contribution is 6.32. The average molecular weight is 300 g/mol. The Hall–Kier alpha value is -2.31. The van der Waals surface area contributed by atoms with E-state index in [9.17, 15) is 4.79 Å². The van der Waals surface area contributed by atoms with Crippen molar-refractivity contribution in [1.29, 1.82) is 5.26 Å². The van der Waals surface area contributed by atoms with E-state index in [1.54, 1.807) is 18.2 Å². The molecule has 0 N–H and O–H groups in total. The molecule has 0 saturated carbocycles. The summed E-state index contributed by atoms with van der Waals surface area (Å²) in [5, 5.41) is 9.09. The third-order valence-corrected chi connectivity index (χ3v) is 3.54.